The lowest BCUT2D eigenvalue weighted by molar-refractivity contribution is 1.02. The highest BCUT2D eigenvalue weighted by Gasteiger charge is 2.30. The van der Waals surface area contributed by atoms with Gasteiger partial charge in [0, 0.05) is 38.5 Å². The van der Waals surface area contributed by atoms with E-state index in [1.165, 1.54) is 43.4 Å². The molecule has 0 saturated carbocycles. The minimum atomic E-state index is 0.564. The molecule has 0 N–H and O–H groups in total. The zero-order valence-corrected chi connectivity index (χ0v) is 31.3. The lowest BCUT2D eigenvalue weighted by Crippen LogP contribution is -2.19. The molecule has 0 radical (unpaired) electrons. The summed E-state index contributed by atoms with van der Waals surface area (Å²) in [4.78, 5) is 18.3. The Morgan fingerprint density at radius 1 is 0.362 bits per heavy atom. The molecule has 58 heavy (non-hydrogen) atoms. The zero-order valence-electron chi connectivity index (χ0n) is 31.3. The molecule has 0 saturated heterocycles. The van der Waals surface area contributed by atoms with Crippen LogP contribution in [0.1, 0.15) is 0 Å². The molecule has 0 spiro atoms. The van der Waals surface area contributed by atoms with Gasteiger partial charge in [-0.25, -0.2) is 4.98 Å². The number of nitrogens with zero attached hydrogens (tertiary/aromatic N) is 5. The Morgan fingerprint density at radius 2 is 0.983 bits per heavy atom. The third-order valence-corrected chi connectivity index (χ3v) is 11.6. The highest BCUT2D eigenvalue weighted by molar-refractivity contribution is 6.19. The molecule has 1 aliphatic rings. The van der Waals surface area contributed by atoms with Gasteiger partial charge in [0.05, 0.1) is 22.4 Å². The number of para-hydroxylation sites is 2. The Morgan fingerprint density at radius 3 is 1.81 bits per heavy atom. The van der Waals surface area contributed by atoms with Gasteiger partial charge >= 0.3 is 0 Å². The smallest absolute Gasteiger partial charge is 0.238 e. The fourth-order valence-corrected chi connectivity index (χ4v) is 8.92. The molecule has 2 aromatic heterocycles. The normalized spacial score (nSPS) is 12.1. The van der Waals surface area contributed by atoms with Crippen molar-refractivity contribution in [1.82, 2.24) is 19.5 Å². The van der Waals surface area contributed by atoms with Crippen molar-refractivity contribution >= 4 is 60.7 Å². The Balaban J connectivity index is 1.12. The number of hydrogen-bond donors (Lipinski definition) is 0. The SMILES string of the molecule is c1ccc(-c2ccc(-c3nc(-c4ccc5c6ccccc6n(-c6ccccc6)c5c4)nc(N4c5ccc6ccccc6c5-c5cccc6cccc4c56)n3)cc2)cc1. The van der Waals surface area contributed by atoms with Crippen LogP contribution in [0.15, 0.2) is 200 Å². The molecule has 0 unspecified atom stereocenters. The molecular formula is C53H33N5. The molecule has 3 heterocycles. The van der Waals surface area contributed by atoms with Crippen LogP contribution in [0.4, 0.5) is 17.3 Å². The predicted octanol–water partition coefficient (Wildman–Crippen LogP) is 13.7. The summed E-state index contributed by atoms with van der Waals surface area (Å²) >= 11 is 0. The predicted molar refractivity (Wildman–Crippen MR) is 239 cm³/mol. The number of anilines is 3. The van der Waals surface area contributed by atoms with Crippen molar-refractivity contribution in [3.05, 3.63) is 200 Å². The van der Waals surface area contributed by atoms with Gasteiger partial charge in [0.1, 0.15) is 0 Å². The first-order valence-corrected chi connectivity index (χ1v) is 19.6. The van der Waals surface area contributed by atoms with Gasteiger partial charge in [-0.05, 0) is 69.2 Å². The second kappa shape index (κ2) is 12.8. The van der Waals surface area contributed by atoms with E-state index >= 15 is 0 Å². The standard InChI is InChI=1S/C53H33N5/c1-3-13-34(14-4-1)35-25-27-38(28-26-35)51-54-52(39-29-31-43-42-21-9-10-23-45(42)57(48(43)33-39)40-18-5-2-6-19-40)56-53(55-51)58-46-24-12-17-37-16-11-22-44(49(37)46)50-41-20-8-7-15-36(41)30-32-47(50)58/h1-33H. The fraction of sp³-hybridized carbons (Fsp3) is 0. The van der Waals surface area contributed by atoms with Crippen LogP contribution < -0.4 is 4.90 Å². The zero-order chi connectivity index (χ0) is 38.2. The van der Waals surface area contributed by atoms with Gasteiger partial charge in [0.15, 0.2) is 11.6 Å². The molecule has 0 atom stereocenters. The summed E-state index contributed by atoms with van der Waals surface area (Å²) in [7, 11) is 0. The second-order valence-corrected chi connectivity index (χ2v) is 14.8. The van der Waals surface area contributed by atoms with Crippen molar-refractivity contribution < 1.29 is 0 Å². The van der Waals surface area contributed by atoms with Gasteiger partial charge in [0.25, 0.3) is 0 Å². The van der Waals surface area contributed by atoms with Crippen LogP contribution in [0.2, 0.25) is 0 Å². The van der Waals surface area contributed by atoms with Gasteiger partial charge in [-0.3, -0.25) is 4.90 Å². The van der Waals surface area contributed by atoms with E-state index in [1.54, 1.807) is 0 Å². The van der Waals surface area contributed by atoms with Crippen molar-refractivity contribution in [3.8, 4) is 50.7 Å². The first-order valence-electron chi connectivity index (χ1n) is 19.6. The lowest BCUT2D eigenvalue weighted by atomic mass is 9.88. The maximum Gasteiger partial charge on any atom is 0.238 e. The van der Waals surface area contributed by atoms with Gasteiger partial charge in [-0.1, -0.05) is 164 Å². The number of aromatic nitrogens is 4. The number of fused-ring (bicyclic) bond motifs is 7. The van der Waals surface area contributed by atoms with E-state index in [2.05, 4.69) is 204 Å². The second-order valence-electron chi connectivity index (χ2n) is 14.8. The summed E-state index contributed by atoms with van der Waals surface area (Å²) in [5, 5.41) is 7.11. The summed E-state index contributed by atoms with van der Waals surface area (Å²) in [6.07, 6.45) is 0. The van der Waals surface area contributed by atoms with Gasteiger partial charge < -0.3 is 4.57 Å². The highest BCUT2D eigenvalue weighted by Crippen LogP contribution is 2.52. The Hall–Kier alpha value is -7.89. The molecule has 0 aliphatic carbocycles. The summed E-state index contributed by atoms with van der Waals surface area (Å²) in [6.45, 7) is 0. The van der Waals surface area contributed by atoms with Crippen LogP contribution in [0.3, 0.4) is 0 Å². The largest absolute Gasteiger partial charge is 0.309 e. The maximum atomic E-state index is 5.41. The topological polar surface area (TPSA) is 46.8 Å². The molecule has 0 fully saturated rings. The average molecular weight is 740 g/mol. The molecule has 270 valence electrons. The van der Waals surface area contributed by atoms with E-state index in [4.69, 9.17) is 15.0 Å². The van der Waals surface area contributed by atoms with E-state index in [9.17, 15) is 0 Å². The molecule has 5 nitrogen and oxygen atoms in total. The summed E-state index contributed by atoms with van der Waals surface area (Å²) < 4.78 is 2.34. The van der Waals surface area contributed by atoms with Crippen LogP contribution in [0.5, 0.6) is 0 Å². The molecule has 0 bridgehead atoms. The maximum absolute atomic E-state index is 5.41. The average Bonchev–Trinajstić information content (AvgIpc) is 3.63. The molecule has 11 aromatic rings. The molecule has 5 heteroatoms. The van der Waals surface area contributed by atoms with E-state index in [0.29, 0.717) is 17.6 Å². The Bertz CT molecular complexity index is 3380. The van der Waals surface area contributed by atoms with Gasteiger partial charge in [0.2, 0.25) is 5.95 Å². The van der Waals surface area contributed by atoms with Crippen LogP contribution in [-0.2, 0) is 0 Å². The quantitative estimate of drug-likeness (QED) is 0.176. The van der Waals surface area contributed by atoms with Crippen molar-refractivity contribution in [1.29, 1.82) is 0 Å². The van der Waals surface area contributed by atoms with Crippen LogP contribution in [-0.4, -0.2) is 19.5 Å². The third-order valence-electron chi connectivity index (χ3n) is 11.6. The van der Waals surface area contributed by atoms with E-state index < -0.39 is 0 Å². The monoisotopic (exact) mass is 739 g/mol. The van der Waals surface area contributed by atoms with E-state index in [0.717, 1.165) is 50.3 Å². The summed E-state index contributed by atoms with van der Waals surface area (Å²) in [6, 6.07) is 70.9. The minimum absolute atomic E-state index is 0.564. The van der Waals surface area contributed by atoms with Crippen molar-refractivity contribution in [3.63, 3.8) is 0 Å². The third kappa shape index (κ3) is 5.00. The molecule has 12 rings (SSSR count). The first kappa shape index (κ1) is 32.4. The Labute approximate surface area is 334 Å². The van der Waals surface area contributed by atoms with Crippen molar-refractivity contribution in [2.75, 3.05) is 4.90 Å². The van der Waals surface area contributed by atoms with Gasteiger partial charge in [-0.2, -0.15) is 9.97 Å². The number of benzene rings is 9. The van der Waals surface area contributed by atoms with Gasteiger partial charge in [-0.15, -0.1) is 0 Å². The Kier molecular flexibility index (Phi) is 7.16. The van der Waals surface area contributed by atoms with Crippen LogP contribution >= 0.6 is 0 Å². The first-order chi connectivity index (χ1) is 28.8. The van der Waals surface area contributed by atoms with Crippen LogP contribution in [0.25, 0.3) is 94.1 Å². The number of rotatable bonds is 5. The fourth-order valence-electron chi connectivity index (χ4n) is 8.92. The minimum Gasteiger partial charge on any atom is -0.309 e. The van der Waals surface area contributed by atoms with Crippen LogP contribution in [0, 0.1) is 0 Å². The van der Waals surface area contributed by atoms with Crippen molar-refractivity contribution in [2.24, 2.45) is 0 Å². The molecule has 1 aliphatic heterocycles. The summed E-state index contributed by atoms with van der Waals surface area (Å²) in [5.41, 5.74) is 11.9. The lowest BCUT2D eigenvalue weighted by Gasteiger charge is -2.32. The van der Waals surface area contributed by atoms with Crippen molar-refractivity contribution in [2.45, 2.75) is 0 Å². The molecule has 9 aromatic carbocycles. The summed E-state index contributed by atoms with van der Waals surface area (Å²) in [5.74, 6) is 1.78. The van der Waals surface area contributed by atoms with E-state index in [1.807, 2.05) is 6.07 Å². The highest BCUT2D eigenvalue weighted by atomic mass is 15.3. The number of hydrogen-bond acceptors (Lipinski definition) is 4. The van der Waals surface area contributed by atoms with E-state index in [-0.39, 0.29) is 0 Å². The molecule has 0 amide bonds. The molecular weight excluding hydrogens is 707 g/mol.